The standard InChI is InChI=1S/C18H19N7O2/c1-13(14-4-3-5-16(10-14)25-12-20-23-24-25)21-22-18(26)11-19-15-6-8-17(27-2)9-7-15/h3-10,12,19H,11H2,1-2H3,(H,22,26)/b21-13-. The predicted molar refractivity (Wildman–Crippen MR) is 101 cm³/mol. The second-order valence-electron chi connectivity index (χ2n) is 5.62. The first kappa shape index (κ1) is 18.1. The van der Waals surface area contributed by atoms with E-state index >= 15 is 0 Å². The lowest BCUT2D eigenvalue weighted by Crippen LogP contribution is -2.26. The quantitative estimate of drug-likeness (QED) is 0.487. The van der Waals surface area contributed by atoms with Crippen LogP contribution in [-0.2, 0) is 4.79 Å². The molecule has 3 rings (SSSR count). The van der Waals surface area contributed by atoms with Crippen LogP contribution in [0.1, 0.15) is 12.5 Å². The van der Waals surface area contributed by atoms with Crippen LogP contribution in [0, 0.1) is 0 Å². The lowest BCUT2D eigenvalue weighted by Gasteiger charge is -2.07. The monoisotopic (exact) mass is 365 g/mol. The highest BCUT2D eigenvalue weighted by Gasteiger charge is 2.04. The Bertz CT molecular complexity index is 921. The van der Waals surface area contributed by atoms with Crippen molar-refractivity contribution in [3.05, 3.63) is 60.4 Å². The molecular weight excluding hydrogens is 346 g/mol. The molecule has 0 unspecified atom stereocenters. The molecule has 9 heteroatoms. The Morgan fingerprint density at radius 1 is 1.22 bits per heavy atom. The van der Waals surface area contributed by atoms with Crippen molar-refractivity contribution >= 4 is 17.3 Å². The molecule has 0 saturated carbocycles. The molecule has 3 aromatic rings. The molecule has 0 aliphatic rings. The van der Waals surface area contributed by atoms with Gasteiger partial charge in [-0.15, -0.1) is 5.10 Å². The first-order chi connectivity index (χ1) is 13.2. The van der Waals surface area contributed by atoms with E-state index in [9.17, 15) is 4.79 Å². The number of hydrogen-bond donors (Lipinski definition) is 2. The van der Waals surface area contributed by atoms with E-state index in [1.807, 2.05) is 55.5 Å². The number of benzene rings is 2. The number of ether oxygens (including phenoxy) is 1. The first-order valence-corrected chi connectivity index (χ1v) is 8.20. The van der Waals surface area contributed by atoms with Crippen molar-refractivity contribution < 1.29 is 9.53 Å². The molecule has 1 heterocycles. The molecule has 0 aliphatic carbocycles. The van der Waals surface area contributed by atoms with Crippen LogP contribution < -0.4 is 15.5 Å². The van der Waals surface area contributed by atoms with Crippen LogP contribution in [0.15, 0.2) is 60.0 Å². The van der Waals surface area contributed by atoms with Gasteiger partial charge in [0, 0.05) is 5.69 Å². The molecule has 0 spiro atoms. The van der Waals surface area contributed by atoms with Gasteiger partial charge in [-0.05, 0) is 59.3 Å². The summed E-state index contributed by atoms with van der Waals surface area (Å²) < 4.78 is 6.65. The van der Waals surface area contributed by atoms with Crippen molar-refractivity contribution in [3.8, 4) is 11.4 Å². The van der Waals surface area contributed by atoms with Gasteiger partial charge < -0.3 is 10.1 Å². The number of carbonyl (C=O) groups excluding carboxylic acids is 1. The summed E-state index contributed by atoms with van der Waals surface area (Å²) in [6, 6.07) is 14.9. The lowest BCUT2D eigenvalue weighted by atomic mass is 10.1. The van der Waals surface area contributed by atoms with Crippen molar-refractivity contribution in [2.45, 2.75) is 6.92 Å². The van der Waals surface area contributed by atoms with Gasteiger partial charge in [0.2, 0.25) is 0 Å². The van der Waals surface area contributed by atoms with Gasteiger partial charge >= 0.3 is 0 Å². The summed E-state index contributed by atoms with van der Waals surface area (Å²) in [4.78, 5) is 12.0. The van der Waals surface area contributed by atoms with Crippen LogP contribution in [0.25, 0.3) is 5.69 Å². The molecule has 2 N–H and O–H groups in total. The number of amides is 1. The molecule has 0 atom stereocenters. The van der Waals surface area contributed by atoms with Crippen molar-refractivity contribution in [2.75, 3.05) is 19.0 Å². The minimum Gasteiger partial charge on any atom is -0.497 e. The molecule has 1 amide bonds. The predicted octanol–water partition coefficient (Wildman–Crippen LogP) is 1.62. The summed E-state index contributed by atoms with van der Waals surface area (Å²) in [7, 11) is 1.61. The molecule has 1 aromatic heterocycles. The van der Waals surface area contributed by atoms with Crippen LogP contribution in [0.2, 0.25) is 0 Å². The molecule has 0 saturated heterocycles. The number of anilines is 1. The fourth-order valence-electron chi connectivity index (χ4n) is 2.29. The third kappa shape index (κ3) is 4.88. The van der Waals surface area contributed by atoms with Gasteiger partial charge in [0.15, 0.2) is 0 Å². The third-order valence-corrected chi connectivity index (χ3v) is 3.77. The summed E-state index contributed by atoms with van der Waals surface area (Å²) in [5.41, 5.74) is 5.69. The second kappa shape index (κ2) is 8.56. The fourth-order valence-corrected chi connectivity index (χ4v) is 2.29. The minimum atomic E-state index is -0.248. The molecular formula is C18H19N7O2. The molecule has 0 radical (unpaired) electrons. The van der Waals surface area contributed by atoms with E-state index in [0.29, 0.717) is 5.71 Å². The van der Waals surface area contributed by atoms with Gasteiger partial charge in [0.1, 0.15) is 12.1 Å². The highest BCUT2D eigenvalue weighted by Crippen LogP contribution is 2.14. The molecule has 0 bridgehead atoms. The maximum absolute atomic E-state index is 12.0. The Kier molecular flexibility index (Phi) is 5.73. The number of carbonyl (C=O) groups is 1. The molecule has 138 valence electrons. The second-order valence-corrected chi connectivity index (χ2v) is 5.62. The Morgan fingerprint density at radius 2 is 2.04 bits per heavy atom. The number of nitrogens with zero attached hydrogens (tertiary/aromatic N) is 5. The van der Waals surface area contributed by atoms with Crippen molar-refractivity contribution in [1.29, 1.82) is 0 Å². The molecule has 0 aliphatic heterocycles. The van der Waals surface area contributed by atoms with E-state index < -0.39 is 0 Å². The average molecular weight is 365 g/mol. The Balaban J connectivity index is 1.56. The summed E-state index contributed by atoms with van der Waals surface area (Å²) >= 11 is 0. The highest BCUT2D eigenvalue weighted by molar-refractivity contribution is 5.99. The van der Waals surface area contributed by atoms with Gasteiger partial charge in [0.25, 0.3) is 5.91 Å². The van der Waals surface area contributed by atoms with Crippen molar-refractivity contribution in [1.82, 2.24) is 25.6 Å². The summed E-state index contributed by atoms with van der Waals surface area (Å²) in [6.07, 6.45) is 1.51. The molecule has 2 aromatic carbocycles. The van der Waals surface area contributed by atoms with E-state index in [1.165, 1.54) is 6.33 Å². The van der Waals surface area contributed by atoms with Gasteiger partial charge in [-0.3, -0.25) is 4.79 Å². The van der Waals surface area contributed by atoms with Crippen molar-refractivity contribution in [2.24, 2.45) is 5.10 Å². The summed E-state index contributed by atoms with van der Waals surface area (Å²) in [6.45, 7) is 1.92. The van der Waals surface area contributed by atoms with Crippen LogP contribution >= 0.6 is 0 Å². The van der Waals surface area contributed by atoms with Crippen LogP contribution in [-0.4, -0.2) is 45.5 Å². The Morgan fingerprint density at radius 3 is 2.74 bits per heavy atom. The molecule has 0 fully saturated rings. The van der Waals surface area contributed by atoms with Crippen LogP contribution in [0.3, 0.4) is 0 Å². The maximum atomic E-state index is 12.0. The van der Waals surface area contributed by atoms with Crippen molar-refractivity contribution in [3.63, 3.8) is 0 Å². The lowest BCUT2D eigenvalue weighted by molar-refractivity contribution is -0.119. The average Bonchev–Trinajstić information content (AvgIpc) is 3.26. The van der Waals surface area contributed by atoms with Crippen LogP contribution in [0.5, 0.6) is 5.75 Å². The first-order valence-electron chi connectivity index (χ1n) is 8.20. The number of hydrogen-bond acceptors (Lipinski definition) is 7. The zero-order valence-corrected chi connectivity index (χ0v) is 15.0. The summed E-state index contributed by atoms with van der Waals surface area (Å²) in [5.74, 6) is 0.510. The number of aromatic nitrogens is 4. The highest BCUT2D eigenvalue weighted by atomic mass is 16.5. The maximum Gasteiger partial charge on any atom is 0.259 e. The largest absolute Gasteiger partial charge is 0.497 e. The van der Waals surface area contributed by atoms with Gasteiger partial charge in [-0.1, -0.05) is 12.1 Å². The van der Waals surface area contributed by atoms with Gasteiger partial charge in [-0.2, -0.15) is 5.10 Å². The topological polar surface area (TPSA) is 106 Å². The molecule has 27 heavy (non-hydrogen) atoms. The Labute approximate surface area is 156 Å². The van der Waals surface area contributed by atoms with E-state index in [4.69, 9.17) is 4.74 Å². The zero-order valence-electron chi connectivity index (χ0n) is 15.0. The number of hydrazone groups is 1. The fraction of sp³-hybridized carbons (Fsp3) is 0.167. The number of tetrazole rings is 1. The number of rotatable bonds is 7. The van der Waals surface area contributed by atoms with Crippen LogP contribution in [0.4, 0.5) is 5.69 Å². The van der Waals surface area contributed by atoms with Gasteiger partial charge in [-0.25, -0.2) is 10.1 Å². The smallest absolute Gasteiger partial charge is 0.259 e. The van der Waals surface area contributed by atoms with E-state index in [0.717, 1.165) is 22.7 Å². The Hall–Kier alpha value is -3.75. The van der Waals surface area contributed by atoms with E-state index in [-0.39, 0.29) is 12.5 Å². The zero-order chi connectivity index (χ0) is 19.1. The van der Waals surface area contributed by atoms with Gasteiger partial charge in [0.05, 0.1) is 25.1 Å². The van der Waals surface area contributed by atoms with E-state index in [2.05, 4.69) is 31.4 Å². The normalized spacial score (nSPS) is 11.1. The third-order valence-electron chi connectivity index (χ3n) is 3.77. The summed E-state index contributed by atoms with van der Waals surface area (Å²) in [5, 5.41) is 18.3. The number of methoxy groups -OCH3 is 1. The minimum absolute atomic E-state index is 0.105. The molecule has 9 nitrogen and oxygen atoms in total. The number of nitrogens with one attached hydrogen (secondary N) is 2. The van der Waals surface area contributed by atoms with E-state index in [1.54, 1.807) is 11.8 Å². The SMILES string of the molecule is COc1ccc(NCC(=O)N/N=C(/C)c2cccc(-n3cnnn3)c2)cc1.